The first-order valence-corrected chi connectivity index (χ1v) is 22.6. The van der Waals surface area contributed by atoms with Gasteiger partial charge in [-0.1, -0.05) is 30.9 Å². The molecule has 0 nitrogen and oxygen atoms in total. The van der Waals surface area contributed by atoms with E-state index in [2.05, 4.69) is 233 Å². The van der Waals surface area contributed by atoms with Crippen LogP contribution in [0.15, 0.2) is 219 Å². The molecule has 0 unspecified atom stereocenters. The van der Waals surface area contributed by atoms with Gasteiger partial charge < -0.3 is 0 Å². The summed E-state index contributed by atoms with van der Waals surface area (Å²) in [5.41, 5.74) is 17.2. The van der Waals surface area contributed by atoms with Gasteiger partial charge in [-0.2, -0.15) is 0 Å². The van der Waals surface area contributed by atoms with Crippen molar-refractivity contribution in [2.24, 2.45) is 0 Å². The van der Waals surface area contributed by atoms with Crippen molar-refractivity contribution in [3.8, 4) is 33.4 Å². The normalized spacial score (nSPS) is 15.7. The Hall–Kier alpha value is -7.35. The summed E-state index contributed by atoms with van der Waals surface area (Å²) in [6, 6.07) is 53.4. The fourth-order valence-electron chi connectivity index (χ4n) is 9.70. The Bertz CT molecular complexity index is 3150. The van der Waals surface area contributed by atoms with Crippen LogP contribution in [0.5, 0.6) is 0 Å². The van der Waals surface area contributed by atoms with Crippen LogP contribution in [0.3, 0.4) is 0 Å². The monoisotopic (exact) mass is 820 g/mol. The van der Waals surface area contributed by atoms with Gasteiger partial charge in [0.25, 0.3) is 0 Å². The van der Waals surface area contributed by atoms with Crippen molar-refractivity contribution in [1.82, 2.24) is 0 Å². The Morgan fingerprint density at radius 1 is 0.672 bits per heavy atom. The van der Waals surface area contributed by atoms with Crippen LogP contribution in [0.25, 0.3) is 68.0 Å². The maximum atomic E-state index is 4.43. The number of hydrogen-bond donors (Lipinski definition) is 0. The van der Waals surface area contributed by atoms with E-state index in [4.69, 9.17) is 0 Å². The molecule has 0 atom stereocenters. The van der Waals surface area contributed by atoms with Crippen LogP contribution >= 0.6 is 0 Å². The molecule has 0 N–H and O–H groups in total. The van der Waals surface area contributed by atoms with E-state index in [1.165, 1.54) is 93.4 Å². The Balaban J connectivity index is 0.000000984. The zero-order valence-electron chi connectivity index (χ0n) is 37.0. The van der Waals surface area contributed by atoms with Crippen molar-refractivity contribution in [2.45, 2.75) is 38.5 Å². The maximum absolute atomic E-state index is 4.43. The first-order chi connectivity index (χ1) is 31.5. The Morgan fingerprint density at radius 3 is 2.05 bits per heavy atom. The summed E-state index contributed by atoms with van der Waals surface area (Å²) >= 11 is 0. The van der Waals surface area contributed by atoms with Crippen molar-refractivity contribution in [1.29, 1.82) is 0 Å². The van der Waals surface area contributed by atoms with Crippen LogP contribution in [-0.2, 0) is 11.8 Å². The van der Waals surface area contributed by atoms with Gasteiger partial charge in [-0.3, -0.25) is 0 Å². The van der Waals surface area contributed by atoms with Crippen molar-refractivity contribution in [3.05, 3.63) is 257 Å². The number of hydrogen-bond acceptors (Lipinski definition) is 0. The molecule has 64 heavy (non-hydrogen) atoms. The van der Waals surface area contributed by atoms with E-state index in [-0.39, 0.29) is 5.41 Å². The van der Waals surface area contributed by atoms with Crippen molar-refractivity contribution < 1.29 is 0 Å². The topological polar surface area (TPSA) is 0 Å². The molecule has 0 aliphatic heterocycles. The molecule has 0 spiro atoms. The van der Waals surface area contributed by atoms with Crippen molar-refractivity contribution in [2.75, 3.05) is 0 Å². The molecule has 0 saturated heterocycles. The number of allylic oxidation sites excluding steroid dienone is 11. The third kappa shape index (κ3) is 8.30. The van der Waals surface area contributed by atoms with Crippen molar-refractivity contribution >= 4 is 52.9 Å². The molecule has 0 aromatic heterocycles. The van der Waals surface area contributed by atoms with E-state index < -0.39 is 0 Å². The standard InChI is InChI=1S/C58H45B.C5H8/c1-40-15-5-3-8-22-52-48(40)35-36-53-54(39-45-18-9-10-19-49(45)57(52)53)44-30-33-47(34-31-44)59-38-37-46(32-27-41-25-28-43(29-26-41)42-16-6-4-7-17-42)58(2)55-23-13-11-20-50(55)51-21-12-14-24-56(51)58;1-3-5-4-2/h3-8,11-21,23-39H,1,9-10,22H2,2H3;3-5H,1H2,2H3/b8-3-,15-5-,32-27-,46-37+;5-4-. The molecule has 0 amide bonds. The second-order valence-electron chi connectivity index (χ2n) is 16.8. The summed E-state index contributed by atoms with van der Waals surface area (Å²) < 4.78 is 0. The third-order valence-corrected chi connectivity index (χ3v) is 13.0. The molecule has 7 aromatic rings. The van der Waals surface area contributed by atoms with Gasteiger partial charge in [0.1, 0.15) is 0 Å². The molecule has 3 aliphatic carbocycles. The van der Waals surface area contributed by atoms with Gasteiger partial charge in [-0.15, -0.1) is 0 Å². The zero-order valence-corrected chi connectivity index (χ0v) is 37.0. The predicted molar refractivity (Wildman–Crippen MR) is 282 cm³/mol. The van der Waals surface area contributed by atoms with Gasteiger partial charge in [-0.25, -0.2) is 0 Å². The predicted octanol–water partition coefficient (Wildman–Crippen LogP) is 13.7. The fraction of sp³-hybridized carbons (Fsp3) is 0.0952. The van der Waals surface area contributed by atoms with Crippen LogP contribution in [0, 0.1) is 0 Å². The molecule has 0 heterocycles. The number of benzene rings is 7. The average Bonchev–Trinajstić information content (AvgIpc) is 3.60. The van der Waals surface area contributed by atoms with Gasteiger partial charge in [0.15, 0.2) is 0 Å². The first kappa shape index (κ1) is 42.0. The van der Waals surface area contributed by atoms with E-state index >= 15 is 0 Å². The molecule has 7 aromatic carbocycles. The van der Waals surface area contributed by atoms with Crippen LogP contribution in [-0.4, -0.2) is 12.9 Å². The van der Waals surface area contributed by atoms with Crippen LogP contribution < -0.4 is 15.9 Å². The van der Waals surface area contributed by atoms with E-state index in [1.807, 2.05) is 19.1 Å². The first-order valence-electron chi connectivity index (χ1n) is 22.6. The number of fused-ring (bicyclic) bond motifs is 8. The third-order valence-electron chi connectivity index (χ3n) is 13.0. The molecule has 0 bridgehead atoms. The van der Waals surface area contributed by atoms with Gasteiger partial charge >= 0.3 is 344 Å². The summed E-state index contributed by atoms with van der Waals surface area (Å²) in [5.74, 6) is 2.23. The molecular weight excluding hydrogens is 768 g/mol. The molecule has 308 valence electrons. The van der Waals surface area contributed by atoms with Gasteiger partial charge in [0.2, 0.25) is 0 Å². The van der Waals surface area contributed by atoms with Crippen molar-refractivity contribution in [3.63, 3.8) is 0 Å². The molecular formula is C63H53B. The number of rotatable bonds is 8. The van der Waals surface area contributed by atoms with Gasteiger partial charge in [0.05, 0.1) is 0 Å². The second kappa shape index (κ2) is 19.0. The van der Waals surface area contributed by atoms with E-state index in [0.29, 0.717) is 0 Å². The van der Waals surface area contributed by atoms with Crippen LogP contribution in [0.2, 0.25) is 0 Å². The van der Waals surface area contributed by atoms with Crippen LogP contribution in [0.1, 0.15) is 54.5 Å². The zero-order chi connectivity index (χ0) is 43.9. The van der Waals surface area contributed by atoms with Gasteiger partial charge in [0, 0.05) is 0 Å². The summed E-state index contributed by atoms with van der Waals surface area (Å²) in [6.07, 6.45) is 29.0. The Kier molecular flexibility index (Phi) is 12.4. The SMILES string of the molecule is C=C/C=C\C.C=C1/C=C\C=C/Cc2c1ccc1c(-c3ccc(B=C/C=C(\C=C/c4ccc(-c5ccccc5)cc4)C4(C)c5ccccc5-c5ccccc54)cc3)cc3c(c21)=CCCC=3. The molecule has 1 heteroatoms. The Morgan fingerprint density at radius 2 is 1.34 bits per heavy atom. The Labute approximate surface area is 380 Å². The van der Waals surface area contributed by atoms with Crippen LogP contribution in [0.4, 0.5) is 0 Å². The van der Waals surface area contributed by atoms with E-state index in [9.17, 15) is 0 Å². The fourth-order valence-corrected chi connectivity index (χ4v) is 9.70. The average molecular weight is 821 g/mol. The molecule has 10 rings (SSSR count). The molecule has 3 aliphatic rings. The summed E-state index contributed by atoms with van der Waals surface area (Å²) in [4.78, 5) is 0. The minimum absolute atomic E-state index is 0.320. The summed E-state index contributed by atoms with van der Waals surface area (Å²) in [6.45, 7) is 14.5. The second-order valence-corrected chi connectivity index (χ2v) is 16.8. The van der Waals surface area contributed by atoms with E-state index in [0.717, 1.165) is 24.8 Å². The summed E-state index contributed by atoms with van der Waals surface area (Å²) in [7, 11) is 0. The minimum atomic E-state index is -0.320. The molecule has 0 radical (unpaired) electrons. The molecule has 0 fully saturated rings. The molecule has 0 saturated carbocycles. The van der Waals surface area contributed by atoms with E-state index in [1.54, 1.807) is 6.08 Å². The van der Waals surface area contributed by atoms with Gasteiger partial charge in [-0.05, 0) is 6.92 Å². The quantitative estimate of drug-likeness (QED) is 0.106. The summed E-state index contributed by atoms with van der Waals surface area (Å²) in [5, 5.41) is 5.39.